The van der Waals surface area contributed by atoms with Crippen LogP contribution >= 0.6 is 0 Å². The smallest absolute Gasteiger partial charge is 0.191 e. The van der Waals surface area contributed by atoms with E-state index in [4.69, 9.17) is 4.74 Å². The van der Waals surface area contributed by atoms with Gasteiger partial charge in [0.25, 0.3) is 0 Å². The van der Waals surface area contributed by atoms with Gasteiger partial charge in [-0.2, -0.15) is 0 Å². The van der Waals surface area contributed by atoms with E-state index in [-0.39, 0.29) is 0 Å². The number of hydrogen-bond donors (Lipinski definition) is 2. The van der Waals surface area contributed by atoms with Crippen molar-refractivity contribution in [2.75, 3.05) is 32.5 Å². The lowest BCUT2D eigenvalue weighted by atomic mass is 9.98. The van der Waals surface area contributed by atoms with Gasteiger partial charge in [0.1, 0.15) is 0 Å². The van der Waals surface area contributed by atoms with Crippen molar-refractivity contribution in [3.63, 3.8) is 0 Å². The molecule has 1 aliphatic rings. The van der Waals surface area contributed by atoms with Gasteiger partial charge in [0.2, 0.25) is 0 Å². The summed E-state index contributed by atoms with van der Waals surface area (Å²) in [5, 5.41) is 6.63. The number of nitrogens with zero attached hydrogens (tertiary/aromatic N) is 1. The third kappa shape index (κ3) is 8.43. The van der Waals surface area contributed by atoms with E-state index < -0.39 is 10.8 Å². The molecule has 0 bridgehead atoms. The van der Waals surface area contributed by atoms with Crippen molar-refractivity contribution in [1.82, 2.24) is 10.6 Å². The molecule has 1 aromatic carbocycles. The molecule has 2 unspecified atom stereocenters. The first-order chi connectivity index (χ1) is 13.2. The van der Waals surface area contributed by atoms with E-state index in [0.29, 0.717) is 30.1 Å². The van der Waals surface area contributed by atoms with E-state index in [1.807, 2.05) is 30.3 Å². The molecule has 0 spiro atoms. The average molecular weight is 394 g/mol. The van der Waals surface area contributed by atoms with Gasteiger partial charge in [0.05, 0.1) is 6.10 Å². The molecule has 2 atom stereocenters. The minimum absolute atomic E-state index is 0.349. The minimum atomic E-state index is -0.872. The Morgan fingerprint density at radius 3 is 2.59 bits per heavy atom. The Labute approximate surface area is 166 Å². The number of hydrogen-bond acceptors (Lipinski definition) is 3. The summed E-state index contributed by atoms with van der Waals surface area (Å²) in [6, 6.07) is 9.98. The number of guanidine groups is 1. The van der Waals surface area contributed by atoms with E-state index in [9.17, 15) is 4.21 Å². The predicted octanol–water partition coefficient (Wildman–Crippen LogP) is 3.09. The standard InChI is InChI=1S/C21H35N3O2S/c1-3-26-20(19-11-7-8-12-19)13-14-23-21(22-2)24-15-16-27(25)17-18-9-5-4-6-10-18/h4-6,9-10,19-20H,3,7-8,11-17H2,1-2H3,(H2,22,23,24). The second-order valence-electron chi connectivity index (χ2n) is 7.03. The molecule has 1 saturated carbocycles. The number of benzene rings is 1. The summed E-state index contributed by atoms with van der Waals surface area (Å²) in [5.41, 5.74) is 1.12. The lowest BCUT2D eigenvalue weighted by molar-refractivity contribution is 0.0169. The first-order valence-corrected chi connectivity index (χ1v) is 11.7. The topological polar surface area (TPSA) is 62.7 Å². The molecule has 0 heterocycles. The zero-order valence-electron chi connectivity index (χ0n) is 16.8. The van der Waals surface area contributed by atoms with E-state index >= 15 is 0 Å². The Bertz CT molecular complexity index is 574. The molecule has 0 amide bonds. The van der Waals surface area contributed by atoms with Crippen molar-refractivity contribution in [3.05, 3.63) is 35.9 Å². The van der Waals surface area contributed by atoms with Gasteiger partial charge in [0, 0.05) is 49.0 Å². The van der Waals surface area contributed by atoms with E-state index in [0.717, 1.165) is 31.1 Å². The van der Waals surface area contributed by atoms with Crippen LogP contribution in [-0.2, 0) is 21.3 Å². The lowest BCUT2D eigenvalue weighted by Gasteiger charge is -2.24. The highest BCUT2D eigenvalue weighted by Crippen LogP contribution is 2.30. The Morgan fingerprint density at radius 1 is 1.22 bits per heavy atom. The molecule has 0 aliphatic heterocycles. The Kier molecular flexibility index (Phi) is 10.5. The van der Waals surface area contributed by atoms with Gasteiger partial charge in [-0.15, -0.1) is 0 Å². The third-order valence-electron chi connectivity index (χ3n) is 5.04. The zero-order chi connectivity index (χ0) is 19.3. The van der Waals surface area contributed by atoms with Crippen LogP contribution in [0.15, 0.2) is 35.3 Å². The molecule has 0 radical (unpaired) electrons. The summed E-state index contributed by atoms with van der Waals surface area (Å²) >= 11 is 0. The van der Waals surface area contributed by atoms with Gasteiger partial charge in [-0.3, -0.25) is 9.20 Å². The molecule has 2 rings (SSSR count). The van der Waals surface area contributed by atoms with Crippen molar-refractivity contribution in [2.24, 2.45) is 10.9 Å². The summed E-state index contributed by atoms with van der Waals surface area (Å²) in [7, 11) is 0.899. The molecule has 1 aliphatic carbocycles. The molecular formula is C21H35N3O2S. The van der Waals surface area contributed by atoms with Crippen LogP contribution in [0.25, 0.3) is 0 Å². The highest BCUT2D eigenvalue weighted by Gasteiger charge is 2.25. The maximum atomic E-state index is 12.2. The van der Waals surface area contributed by atoms with Crippen molar-refractivity contribution in [3.8, 4) is 0 Å². The summed E-state index contributed by atoms with van der Waals surface area (Å²) in [6.45, 7) is 4.34. The predicted molar refractivity (Wildman–Crippen MR) is 115 cm³/mol. The first kappa shape index (κ1) is 21.9. The van der Waals surface area contributed by atoms with Crippen LogP contribution in [0.3, 0.4) is 0 Å². The monoisotopic (exact) mass is 393 g/mol. The van der Waals surface area contributed by atoms with Gasteiger partial charge in [0.15, 0.2) is 5.96 Å². The van der Waals surface area contributed by atoms with Gasteiger partial charge >= 0.3 is 0 Å². The Balaban J connectivity index is 1.64. The third-order valence-corrected chi connectivity index (χ3v) is 6.36. The van der Waals surface area contributed by atoms with E-state index in [2.05, 4.69) is 22.5 Å². The zero-order valence-corrected chi connectivity index (χ0v) is 17.6. The molecule has 2 N–H and O–H groups in total. The van der Waals surface area contributed by atoms with E-state index in [1.54, 1.807) is 7.05 Å². The molecule has 27 heavy (non-hydrogen) atoms. The van der Waals surface area contributed by atoms with Gasteiger partial charge < -0.3 is 15.4 Å². The fourth-order valence-electron chi connectivity index (χ4n) is 3.67. The molecule has 5 nitrogen and oxygen atoms in total. The highest BCUT2D eigenvalue weighted by molar-refractivity contribution is 7.84. The fraction of sp³-hybridized carbons (Fsp3) is 0.667. The van der Waals surface area contributed by atoms with Gasteiger partial charge in [-0.05, 0) is 37.7 Å². The molecule has 152 valence electrons. The summed E-state index contributed by atoms with van der Waals surface area (Å²) < 4.78 is 18.2. The van der Waals surface area contributed by atoms with Crippen LogP contribution in [-0.4, -0.2) is 48.8 Å². The number of rotatable bonds is 11. The van der Waals surface area contributed by atoms with Crippen LogP contribution in [0, 0.1) is 5.92 Å². The maximum absolute atomic E-state index is 12.2. The SMILES string of the molecule is CCOC(CCNC(=NC)NCCS(=O)Cc1ccccc1)C1CCCC1. The van der Waals surface area contributed by atoms with Crippen LogP contribution in [0.5, 0.6) is 0 Å². The largest absolute Gasteiger partial charge is 0.378 e. The molecular weight excluding hydrogens is 358 g/mol. The lowest BCUT2D eigenvalue weighted by Crippen LogP contribution is -2.41. The van der Waals surface area contributed by atoms with Crippen molar-refractivity contribution < 1.29 is 8.95 Å². The summed E-state index contributed by atoms with van der Waals surface area (Å²) in [6.07, 6.45) is 6.62. The van der Waals surface area contributed by atoms with Crippen LogP contribution < -0.4 is 10.6 Å². The molecule has 0 saturated heterocycles. The van der Waals surface area contributed by atoms with Crippen molar-refractivity contribution in [2.45, 2.75) is 50.9 Å². The second kappa shape index (κ2) is 12.9. The summed E-state index contributed by atoms with van der Waals surface area (Å²) in [4.78, 5) is 4.26. The second-order valence-corrected chi connectivity index (χ2v) is 8.60. The number of nitrogens with one attached hydrogen (secondary N) is 2. The fourth-order valence-corrected chi connectivity index (χ4v) is 4.71. The quantitative estimate of drug-likeness (QED) is 0.448. The Hall–Kier alpha value is -1.40. The van der Waals surface area contributed by atoms with Crippen LogP contribution in [0.4, 0.5) is 0 Å². The molecule has 0 aromatic heterocycles. The van der Waals surface area contributed by atoms with Crippen LogP contribution in [0.2, 0.25) is 0 Å². The van der Waals surface area contributed by atoms with Crippen molar-refractivity contribution >= 4 is 16.8 Å². The number of aliphatic imine (C=N–C) groups is 1. The van der Waals surface area contributed by atoms with Crippen LogP contribution in [0.1, 0.15) is 44.6 Å². The summed E-state index contributed by atoms with van der Waals surface area (Å²) in [5.74, 6) is 2.70. The molecule has 1 fully saturated rings. The minimum Gasteiger partial charge on any atom is -0.378 e. The normalized spacial score (nSPS) is 17.6. The molecule has 1 aromatic rings. The van der Waals surface area contributed by atoms with Gasteiger partial charge in [-0.1, -0.05) is 43.2 Å². The van der Waals surface area contributed by atoms with E-state index in [1.165, 1.54) is 25.7 Å². The number of ether oxygens (including phenoxy) is 1. The maximum Gasteiger partial charge on any atom is 0.191 e. The molecule has 6 heteroatoms. The Morgan fingerprint density at radius 2 is 1.93 bits per heavy atom. The first-order valence-electron chi connectivity index (χ1n) is 10.2. The average Bonchev–Trinajstić information content (AvgIpc) is 3.21. The highest BCUT2D eigenvalue weighted by atomic mass is 32.2. The van der Waals surface area contributed by atoms with Crippen molar-refractivity contribution in [1.29, 1.82) is 0 Å². The van der Waals surface area contributed by atoms with Gasteiger partial charge in [-0.25, -0.2) is 0 Å².